The first-order valence-corrected chi connectivity index (χ1v) is 6.52. The third-order valence-electron chi connectivity index (χ3n) is 2.55. The second kappa shape index (κ2) is 9.54. The monoisotopic (exact) mass is 405 g/mol. The molecule has 0 bridgehead atoms. The van der Waals surface area contributed by atoms with Crippen LogP contribution in [0.4, 0.5) is 5.82 Å². The fourth-order valence-corrected chi connectivity index (χ4v) is 1.76. The van der Waals surface area contributed by atoms with Gasteiger partial charge in [0.1, 0.15) is 5.82 Å². The Labute approximate surface area is 143 Å². The molecule has 0 saturated heterocycles. The van der Waals surface area contributed by atoms with Crippen LogP contribution in [0.1, 0.15) is 12.1 Å². The number of halogens is 1. The summed E-state index contributed by atoms with van der Waals surface area (Å²) < 4.78 is 0. The van der Waals surface area contributed by atoms with Crippen molar-refractivity contribution in [3.63, 3.8) is 0 Å². The number of nitrogens with one attached hydrogen (secondary N) is 1. The molecule has 7 heteroatoms. The topological polar surface area (TPSA) is 60.8 Å². The van der Waals surface area contributed by atoms with E-state index in [1.165, 1.54) is 0 Å². The van der Waals surface area contributed by atoms with Crippen LogP contribution in [0, 0.1) is 6.92 Å². The van der Waals surface area contributed by atoms with E-state index < -0.39 is 0 Å². The Morgan fingerprint density at radius 3 is 2.38 bits per heavy atom. The molecule has 0 fully saturated rings. The van der Waals surface area contributed by atoms with E-state index in [4.69, 9.17) is 0 Å². The van der Waals surface area contributed by atoms with Crippen molar-refractivity contribution in [1.29, 1.82) is 0 Å². The summed E-state index contributed by atoms with van der Waals surface area (Å²) in [5.41, 5.74) is 0.878. The number of rotatable bonds is 4. The van der Waals surface area contributed by atoms with Crippen LogP contribution in [-0.4, -0.2) is 61.4 Å². The van der Waals surface area contributed by atoms with E-state index in [9.17, 15) is 4.79 Å². The summed E-state index contributed by atoms with van der Waals surface area (Å²) in [4.78, 5) is 24.3. The van der Waals surface area contributed by atoms with Crippen molar-refractivity contribution in [2.75, 3.05) is 40.1 Å². The van der Waals surface area contributed by atoms with E-state index in [1.54, 1.807) is 6.07 Å². The first-order chi connectivity index (χ1) is 9.40. The average molecular weight is 405 g/mol. The van der Waals surface area contributed by atoms with E-state index >= 15 is 0 Å². The lowest BCUT2D eigenvalue weighted by Gasteiger charge is -2.22. The maximum Gasteiger partial charge on any atom is 0.227 e. The molecule has 0 aliphatic heterocycles. The van der Waals surface area contributed by atoms with Gasteiger partial charge in [0.15, 0.2) is 5.96 Å². The van der Waals surface area contributed by atoms with Gasteiger partial charge in [0, 0.05) is 40.3 Å². The largest absolute Gasteiger partial charge is 0.349 e. The second-order valence-electron chi connectivity index (χ2n) is 4.93. The zero-order valence-corrected chi connectivity index (χ0v) is 15.6. The number of guanidine groups is 1. The number of nitrogens with zero attached hydrogens (tertiary/aromatic N) is 4. The maximum atomic E-state index is 11.8. The van der Waals surface area contributed by atoms with Crippen LogP contribution in [0.5, 0.6) is 0 Å². The lowest BCUT2D eigenvalue weighted by atomic mass is 10.3. The predicted octanol–water partition coefficient (Wildman–Crippen LogP) is 1.82. The average Bonchev–Trinajstić information content (AvgIpc) is 2.33. The lowest BCUT2D eigenvalue weighted by Crippen LogP contribution is -2.35. The van der Waals surface area contributed by atoms with Crippen molar-refractivity contribution in [1.82, 2.24) is 14.8 Å². The third-order valence-corrected chi connectivity index (χ3v) is 2.55. The predicted molar refractivity (Wildman–Crippen MR) is 97.3 cm³/mol. The van der Waals surface area contributed by atoms with Gasteiger partial charge in [-0.1, -0.05) is 6.07 Å². The van der Waals surface area contributed by atoms with Crippen LogP contribution in [-0.2, 0) is 4.79 Å². The highest BCUT2D eigenvalue weighted by molar-refractivity contribution is 14.0. The number of carbonyl (C=O) groups is 1. The standard InChI is InChI=1S/C14H23N5O.HI/c1-11-7-6-8-12(16-11)17-13(20)9-10-15-14(18(2)3)19(4)5;/h6-8H,9-10H2,1-5H3,(H,16,17,20);1H. The zero-order chi connectivity index (χ0) is 15.1. The number of anilines is 1. The number of aromatic nitrogens is 1. The van der Waals surface area contributed by atoms with Gasteiger partial charge >= 0.3 is 0 Å². The van der Waals surface area contributed by atoms with E-state index in [2.05, 4.69) is 15.3 Å². The van der Waals surface area contributed by atoms with Crippen LogP contribution in [0.25, 0.3) is 0 Å². The first kappa shape index (κ1) is 19.6. The van der Waals surface area contributed by atoms with Gasteiger partial charge in [-0.3, -0.25) is 9.79 Å². The Morgan fingerprint density at radius 2 is 1.86 bits per heavy atom. The molecule has 6 nitrogen and oxygen atoms in total. The molecular formula is C14H24IN5O. The van der Waals surface area contributed by atoms with E-state index in [1.807, 2.05) is 57.0 Å². The van der Waals surface area contributed by atoms with Gasteiger partial charge < -0.3 is 15.1 Å². The summed E-state index contributed by atoms with van der Waals surface area (Å²) in [5, 5.41) is 2.77. The van der Waals surface area contributed by atoms with Crippen molar-refractivity contribution < 1.29 is 4.79 Å². The molecule has 1 heterocycles. The van der Waals surface area contributed by atoms with Gasteiger partial charge in [0.25, 0.3) is 0 Å². The number of hydrogen-bond acceptors (Lipinski definition) is 3. The van der Waals surface area contributed by atoms with Gasteiger partial charge in [-0.25, -0.2) is 4.98 Å². The summed E-state index contributed by atoms with van der Waals surface area (Å²) in [6.07, 6.45) is 0.334. The summed E-state index contributed by atoms with van der Waals surface area (Å²) in [7, 11) is 7.70. The summed E-state index contributed by atoms with van der Waals surface area (Å²) in [6.45, 7) is 2.34. The fraction of sp³-hybridized carbons (Fsp3) is 0.500. The second-order valence-corrected chi connectivity index (χ2v) is 4.93. The fourth-order valence-electron chi connectivity index (χ4n) is 1.76. The lowest BCUT2D eigenvalue weighted by molar-refractivity contribution is -0.116. The van der Waals surface area contributed by atoms with Crippen LogP contribution in [0.3, 0.4) is 0 Å². The molecule has 1 aromatic heterocycles. The number of carbonyl (C=O) groups excluding carboxylic acids is 1. The zero-order valence-electron chi connectivity index (χ0n) is 13.3. The van der Waals surface area contributed by atoms with Gasteiger partial charge in [-0.05, 0) is 19.1 Å². The number of pyridine rings is 1. The van der Waals surface area contributed by atoms with Gasteiger partial charge in [-0.15, -0.1) is 24.0 Å². The molecular weight excluding hydrogens is 381 g/mol. The Balaban J connectivity index is 0.00000400. The molecule has 0 aliphatic carbocycles. The molecule has 21 heavy (non-hydrogen) atoms. The molecule has 1 rings (SSSR count). The minimum Gasteiger partial charge on any atom is -0.349 e. The van der Waals surface area contributed by atoms with Crippen molar-refractivity contribution in [2.45, 2.75) is 13.3 Å². The molecule has 0 aromatic carbocycles. The molecule has 0 radical (unpaired) electrons. The molecule has 1 N–H and O–H groups in total. The number of aryl methyl sites for hydroxylation is 1. The molecule has 1 amide bonds. The smallest absolute Gasteiger partial charge is 0.227 e. The van der Waals surface area contributed by atoms with Crippen molar-refractivity contribution in [3.8, 4) is 0 Å². The molecule has 0 atom stereocenters. The molecule has 0 aliphatic rings. The molecule has 118 valence electrons. The summed E-state index contributed by atoms with van der Waals surface area (Å²) in [6, 6.07) is 5.53. The van der Waals surface area contributed by atoms with Crippen LogP contribution in [0.2, 0.25) is 0 Å². The van der Waals surface area contributed by atoms with Crippen LogP contribution in [0.15, 0.2) is 23.2 Å². The van der Waals surface area contributed by atoms with E-state index in [0.29, 0.717) is 18.8 Å². The Morgan fingerprint density at radius 1 is 1.24 bits per heavy atom. The van der Waals surface area contributed by atoms with E-state index in [-0.39, 0.29) is 29.9 Å². The third kappa shape index (κ3) is 7.26. The van der Waals surface area contributed by atoms with Crippen molar-refractivity contribution >= 4 is 41.7 Å². The Bertz CT molecular complexity index is 478. The van der Waals surface area contributed by atoms with Crippen LogP contribution < -0.4 is 5.32 Å². The summed E-state index contributed by atoms with van der Waals surface area (Å²) in [5.74, 6) is 1.34. The highest BCUT2D eigenvalue weighted by atomic mass is 127. The quantitative estimate of drug-likeness (QED) is 0.472. The van der Waals surface area contributed by atoms with Gasteiger partial charge in [0.2, 0.25) is 5.91 Å². The minimum atomic E-state index is -0.0799. The molecule has 0 unspecified atom stereocenters. The summed E-state index contributed by atoms with van der Waals surface area (Å²) >= 11 is 0. The number of amides is 1. The highest BCUT2D eigenvalue weighted by Crippen LogP contribution is 2.04. The Hall–Kier alpha value is -1.38. The normalized spacial score (nSPS) is 9.38. The maximum absolute atomic E-state index is 11.8. The number of hydrogen-bond donors (Lipinski definition) is 1. The SMILES string of the molecule is Cc1cccc(NC(=O)CCN=C(N(C)C)N(C)C)n1.I. The van der Waals surface area contributed by atoms with Crippen molar-refractivity contribution in [3.05, 3.63) is 23.9 Å². The Kier molecular flexibility index (Phi) is 8.91. The molecule has 0 saturated carbocycles. The van der Waals surface area contributed by atoms with Crippen molar-refractivity contribution in [2.24, 2.45) is 4.99 Å². The number of aliphatic imine (C=N–C) groups is 1. The van der Waals surface area contributed by atoms with Crippen LogP contribution >= 0.6 is 24.0 Å². The minimum absolute atomic E-state index is 0. The first-order valence-electron chi connectivity index (χ1n) is 6.52. The van der Waals surface area contributed by atoms with E-state index in [0.717, 1.165) is 11.7 Å². The van der Waals surface area contributed by atoms with Gasteiger partial charge in [0.05, 0.1) is 6.54 Å². The van der Waals surface area contributed by atoms with Gasteiger partial charge in [-0.2, -0.15) is 0 Å². The molecule has 1 aromatic rings. The highest BCUT2D eigenvalue weighted by Gasteiger charge is 2.06. The molecule has 0 spiro atoms.